The Morgan fingerprint density at radius 1 is 1.06 bits per heavy atom. The number of rotatable bonds is 5. The third-order valence-electron chi connectivity index (χ3n) is 6.99. The van der Waals surface area contributed by atoms with Gasteiger partial charge in [0, 0.05) is 29.1 Å². The Balaban J connectivity index is 1.39. The van der Waals surface area contributed by atoms with Gasteiger partial charge >= 0.3 is 0 Å². The summed E-state index contributed by atoms with van der Waals surface area (Å²) in [6.45, 7) is 4.26. The van der Waals surface area contributed by atoms with Gasteiger partial charge in [0.2, 0.25) is 0 Å². The van der Waals surface area contributed by atoms with Gasteiger partial charge in [-0.15, -0.1) is 0 Å². The number of aromatic nitrogens is 1. The smallest absolute Gasteiger partial charge is 0.150 e. The average Bonchev–Trinajstić information content (AvgIpc) is 3.25. The summed E-state index contributed by atoms with van der Waals surface area (Å²) in [5.41, 5.74) is 2.55. The minimum Gasteiger partial charge on any atom is -0.377 e. The molecule has 2 fully saturated rings. The first-order valence-electron chi connectivity index (χ1n) is 11.2. The Bertz CT molecular complexity index is 1140. The molecule has 4 nitrogen and oxygen atoms in total. The molecule has 2 aromatic carbocycles. The summed E-state index contributed by atoms with van der Waals surface area (Å²) in [7, 11) is 0. The minimum atomic E-state index is -0.644. The molecule has 1 aromatic heterocycles. The quantitative estimate of drug-likeness (QED) is 0.423. The molecule has 170 valence electrons. The number of nitrogens with one attached hydrogen (secondary N) is 3. The Labute approximate surface area is 185 Å². The fraction of sp³-hybridized carbons (Fsp3) is 0.440. The number of H-pyrrole nitrogens is 1. The molecule has 2 unspecified atom stereocenters. The lowest BCUT2D eigenvalue weighted by atomic mass is 9.74. The van der Waals surface area contributed by atoms with Gasteiger partial charge in [0.05, 0.1) is 11.2 Å². The van der Waals surface area contributed by atoms with E-state index < -0.39 is 17.9 Å². The highest BCUT2D eigenvalue weighted by Gasteiger charge is 2.39. The predicted molar refractivity (Wildman–Crippen MR) is 119 cm³/mol. The number of fused-ring (bicyclic) bond motifs is 1. The number of aliphatic hydroxyl groups excluding tert-OH is 1. The highest BCUT2D eigenvalue weighted by Crippen LogP contribution is 2.46. The molecule has 4 N–H and O–H groups in total. The fourth-order valence-corrected chi connectivity index (χ4v) is 5.25. The number of hydrogen-bond donors (Lipinski definition) is 4. The lowest BCUT2D eigenvalue weighted by Crippen LogP contribution is -2.54. The maximum atomic E-state index is 14.5. The summed E-state index contributed by atoms with van der Waals surface area (Å²) >= 11 is 0. The van der Waals surface area contributed by atoms with Crippen molar-refractivity contribution in [3.8, 4) is 11.3 Å². The van der Waals surface area contributed by atoms with Crippen LogP contribution < -0.4 is 10.6 Å². The third kappa shape index (κ3) is 3.93. The molecule has 0 amide bonds. The van der Waals surface area contributed by atoms with Gasteiger partial charge in [0.1, 0.15) is 23.7 Å². The first-order valence-corrected chi connectivity index (χ1v) is 11.2. The maximum absolute atomic E-state index is 14.5. The molecule has 3 aromatic rings. The molecule has 5 rings (SSSR count). The van der Waals surface area contributed by atoms with Crippen LogP contribution in [0.15, 0.2) is 36.4 Å². The molecule has 2 aliphatic rings. The van der Waals surface area contributed by atoms with Crippen LogP contribution >= 0.6 is 0 Å². The normalized spacial score (nSPS) is 25.8. The number of halogens is 3. The van der Waals surface area contributed by atoms with Gasteiger partial charge in [-0.05, 0) is 86.9 Å². The van der Waals surface area contributed by atoms with E-state index in [0.717, 1.165) is 42.9 Å². The molecule has 1 aliphatic heterocycles. The van der Waals surface area contributed by atoms with Gasteiger partial charge in [-0.25, -0.2) is 13.2 Å². The molecule has 1 aliphatic carbocycles. The van der Waals surface area contributed by atoms with Crippen LogP contribution in [0.5, 0.6) is 0 Å². The van der Waals surface area contributed by atoms with Gasteiger partial charge in [0.25, 0.3) is 0 Å². The van der Waals surface area contributed by atoms with E-state index in [1.165, 1.54) is 18.2 Å². The van der Waals surface area contributed by atoms with Crippen molar-refractivity contribution in [2.75, 3.05) is 0 Å². The van der Waals surface area contributed by atoms with Crippen LogP contribution in [0.4, 0.5) is 13.2 Å². The molecule has 2 atom stereocenters. The van der Waals surface area contributed by atoms with Crippen molar-refractivity contribution in [1.82, 2.24) is 15.6 Å². The zero-order valence-corrected chi connectivity index (χ0v) is 18.2. The fourth-order valence-electron chi connectivity index (χ4n) is 5.25. The summed E-state index contributed by atoms with van der Waals surface area (Å²) in [5, 5.41) is 17.9. The third-order valence-corrected chi connectivity index (χ3v) is 6.99. The predicted octanol–water partition coefficient (Wildman–Crippen LogP) is 4.94. The van der Waals surface area contributed by atoms with Gasteiger partial charge < -0.3 is 15.4 Å². The molecule has 0 radical (unpaired) electrons. The molecule has 0 spiro atoms. The lowest BCUT2D eigenvalue weighted by Gasteiger charge is -2.39. The molecule has 1 saturated carbocycles. The number of aliphatic hydroxyl groups is 1. The van der Waals surface area contributed by atoms with E-state index in [9.17, 15) is 18.3 Å². The molecular formula is C25H28F3N3O. The van der Waals surface area contributed by atoms with E-state index in [0.29, 0.717) is 11.1 Å². The largest absolute Gasteiger partial charge is 0.377 e. The van der Waals surface area contributed by atoms with Gasteiger partial charge in [0.15, 0.2) is 0 Å². The molecular weight excluding hydrogens is 415 g/mol. The van der Waals surface area contributed by atoms with Crippen molar-refractivity contribution < 1.29 is 18.3 Å². The van der Waals surface area contributed by atoms with Crippen LogP contribution in [-0.2, 0) is 0 Å². The van der Waals surface area contributed by atoms with Gasteiger partial charge in [-0.2, -0.15) is 0 Å². The molecule has 2 heterocycles. The standard InChI is InChI=1S/C25H28F3N3O/c1-25(2)8-7-20(31-25)24(32)29-17-9-14(10-17)21-18-11-16(27)12-19(28)23(18)30-22(21)13-3-5-15(26)6-4-13/h3-6,11-12,14,17,20,24,29-32H,7-10H2,1-2H3/t14-,17-,20?,24?. The Morgan fingerprint density at radius 3 is 2.44 bits per heavy atom. The second kappa shape index (κ2) is 7.90. The topological polar surface area (TPSA) is 60.1 Å². The van der Waals surface area contributed by atoms with Crippen molar-refractivity contribution >= 4 is 10.9 Å². The van der Waals surface area contributed by atoms with E-state index in [1.54, 1.807) is 12.1 Å². The van der Waals surface area contributed by atoms with Gasteiger partial charge in [-0.1, -0.05) is 0 Å². The number of benzene rings is 2. The Hall–Kier alpha value is -2.35. The second-order valence-corrected chi connectivity index (χ2v) is 9.88. The van der Waals surface area contributed by atoms with E-state index in [4.69, 9.17) is 0 Å². The first kappa shape index (κ1) is 21.5. The van der Waals surface area contributed by atoms with Crippen molar-refractivity contribution in [3.05, 3.63) is 59.4 Å². The maximum Gasteiger partial charge on any atom is 0.150 e. The zero-order valence-electron chi connectivity index (χ0n) is 18.2. The number of hydrogen-bond acceptors (Lipinski definition) is 3. The van der Waals surface area contributed by atoms with Crippen molar-refractivity contribution in [2.45, 2.75) is 69.3 Å². The van der Waals surface area contributed by atoms with E-state index in [1.807, 2.05) is 0 Å². The van der Waals surface area contributed by atoms with Crippen LogP contribution in [0, 0.1) is 17.5 Å². The lowest BCUT2D eigenvalue weighted by molar-refractivity contribution is 0.0658. The first-order chi connectivity index (χ1) is 15.2. The highest BCUT2D eigenvalue weighted by atomic mass is 19.1. The van der Waals surface area contributed by atoms with Crippen molar-refractivity contribution in [3.63, 3.8) is 0 Å². The van der Waals surface area contributed by atoms with Crippen LogP contribution in [0.25, 0.3) is 22.2 Å². The van der Waals surface area contributed by atoms with E-state index >= 15 is 0 Å². The summed E-state index contributed by atoms with van der Waals surface area (Å²) in [5.74, 6) is -1.55. The summed E-state index contributed by atoms with van der Waals surface area (Å²) < 4.78 is 42.0. The summed E-state index contributed by atoms with van der Waals surface area (Å²) in [6.07, 6.45) is 2.76. The SMILES string of the molecule is CC1(C)CCC(C(O)N[C@H]2C[C@H](c3c(-c4ccc(F)cc4)[nH]c4c(F)cc(F)cc43)C2)N1. The molecule has 32 heavy (non-hydrogen) atoms. The monoisotopic (exact) mass is 443 g/mol. The molecule has 1 saturated heterocycles. The Morgan fingerprint density at radius 2 is 1.78 bits per heavy atom. The molecule has 7 heteroatoms. The Kier molecular flexibility index (Phi) is 5.31. The van der Waals surface area contributed by atoms with Crippen molar-refractivity contribution in [1.29, 1.82) is 0 Å². The second-order valence-electron chi connectivity index (χ2n) is 9.88. The van der Waals surface area contributed by atoms with Crippen LogP contribution in [0.2, 0.25) is 0 Å². The van der Waals surface area contributed by atoms with Crippen LogP contribution in [0.1, 0.15) is 51.0 Å². The minimum absolute atomic E-state index is 0.00936. The van der Waals surface area contributed by atoms with Crippen molar-refractivity contribution in [2.24, 2.45) is 0 Å². The van der Waals surface area contributed by atoms with E-state index in [2.05, 4.69) is 29.5 Å². The average molecular weight is 444 g/mol. The zero-order chi connectivity index (χ0) is 22.6. The van der Waals surface area contributed by atoms with Crippen LogP contribution in [0.3, 0.4) is 0 Å². The number of aromatic amines is 1. The van der Waals surface area contributed by atoms with Crippen LogP contribution in [-0.4, -0.2) is 33.9 Å². The van der Waals surface area contributed by atoms with Gasteiger partial charge in [-0.3, -0.25) is 5.32 Å². The van der Waals surface area contributed by atoms with E-state index in [-0.39, 0.29) is 34.9 Å². The summed E-state index contributed by atoms with van der Waals surface area (Å²) in [6, 6.07) is 8.36. The molecule has 0 bridgehead atoms. The highest BCUT2D eigenvalue weighted by molar-refractivity contribution is 5.92. The summed E-state index contributed by atoms with van der Waals surface area (Å²) in [4.78, 5) is 3.11.